The molecule has 0 fully saturated rings. The molecule has 1 aliphatic heterocycles. The van der Waals surface area contributed by atoms with Gasteiger partial charge in [0, 0.05) is 12.1 Å². The van der Waals surface area contributed by atoms with Crippen molar-refractivity contribution >= 4 is 0 Å². The van der Waals surface area contributed by atoms with Gasteiger partial charge in [-0.3, -0.25) is 0 Å². The van der Waals surface area contributed by atoms with Gasteiger partial charge in [0.05, 0.1) is 6.04 Å². The monoisotopic (exact) mass is 199 g/mol. The molecule has 0 amide bonds. The maximum Gasteiger partial charge on any atom is 0.254 e. The molecule has 76 valence electrons. The topological polar surface area (TPSA) is 32.3 Å². The molecule has 0 spiro atoms. The van der Waals surface area contributed by atoms with Gasteiger partial charge in [-0.2, -0.15) is 0 Å². The van der Waals surface area contributed by atoms with Crippen molar-refractivity contribution < 1.29 is 13.9 Å². The van der Waals surface area contributed by atoms with Gasteiger partial charge in [0.1, 0.15) is 5.75 Å². The van der Waals surface area contributed by atoms with Crippen LogP contribution in [0.3, 0.4) is 0 Å². The smallest absolute Gasteiger partial charge is 0.254 e. The second-order valence-electron chi connectivity index (χ2n) is 3.44. The van der Waals surface area contributed by atoms with Crippen LogP contribution >= 0.6 is 0 Å². The van der Waals surface area contributed by atoms with E-state index in [2.05, 4.69) is 5.32 Å². The van der Waals surface area contributed by atoms with Gasteiger partial charge < -0.3 is 10.4 Å². The molecule has 1 aromatic carbocycles. The lowest BCUT2D eigenvalue weighted by atomic mass is 9.95. The summed E-state index contributed by atoms with van der Waals surface area (Å²) < 4.78 is 24.8. The van der Waals surface area contributed by atoms with E-state index in [-0.39, 0.29) is 12.2 Å². The van der Waals surface area contributed by atoms with E-state index in [1.165, 1.54) is 0 Å². The number of phenols is 1. The predicted octanol–water partition coefficient (Wildman–Crippen LogP) is 1.67. The van der Waals surface area contributed by atoms with E-state index in [0.717, 1.165) is 11.1 Å². The Labute approximate surface area is 80.6 Å². The third kappa shape index (κ3) is 1.57. The average Bonchev–Trinajstić information content (AvgIpc) is 2.17. The largest absolute Gasteiger partial charge is 0.508 e. The summed E-state index contributed by atoms with van der Waals surface area (Å²) in [5.41, 5.74) is 1.55. The van der Waals surface area contributed by atoms with Crippen LogP contribution in [0.25, 0.3) is 0 Å². The molecule has 0 saturated carbocycles. The lowest BCUT2D eigenvalue weighted by Crippen LogP contribution is -2.40. The zero-order valence-electron chi connectivity index (χ0n) is 7.50. The summed E-state index contributed by atoms with van der Waals surface area (Å²) >= 11 is 0. The minimum Gasteiger partial charge on any atom is -0.508 e. The van der Waals surface area contributed by atoms with Crippen LogP contribution in [0.4, 0.5) is 8.78 Å². The number of halogens is 2. The van der Waals surface area contributed by atoms with Gasteiger partial charge in [0.2, 0.25) is 0 Å². The average molecular weight is 199 g/mol. The molecular formula is C10H11F2NO. The zero-order chi connectivity index (χ0) is 10.1. The number of fused-ring (bicyclic) bond motifs is 1. The molecule has 2 rings (SSSR count). The highest BCUT2D eigenvalue weighted by atomic mass is 19.3. The number of hydrogen-bond donors (Lipinski definition) is 2. The van der Waals surface area contributed by atoms with Gasteiger partial charge >= 0.3 is 0 Å². The Bertz CT molecular complexity index is 341. The number of benzene rings is 1. The molecule has 0 radical (unpaired) electrons. The van der Waals surface area contributed by atoms with Crippen molar-refractivity contribution in [3.8, 4) is 5.75 Å². The molecule has 2 N–H and O–H groups in total. The van der Waals surface area contributed by atoms with E-state index in [4.69, 9.17) is 0 Å². The molecule has 1 unspecified atom stereocenters. The number of hydrogen-bond acceptors (Lipinski definition) is 2. The van der Waals surface area contributed by atoms with Gasteiger partial charge in [0.25, 0.3) is 6.43 Å². The van der Waals surface area contributed by atoms with Crippen molar-refractivity contribution in [1.82, 2.24) is 5.32 Å². The van der Waals surface area contributed by atoms with Crippen LogP contribution < -0.4 is 5.32 Å². The first-order valence-corrected chi connectivity index (χ1v) is 4.49. The standard InChI is InChI=1S/C10H11F2NO/c11-10(12)8-4-6-2-1-3-9(14)7(6)5-13-8/h1-3,8,10,13-14H,4-5H2. The highest BCUT2D eigenvalue weighted by Gasteiger charge is 2.26. The van der Waals surface area contributed by atoms with Crippen molar-refractivity contribution in [1.29, 1.82) is 0 Å². The minimum absolute atomic E-state index is 0.183. The first-order valence-electron chi connectivity index (χ1n) is 4.49. The van der Waals surface area contributed by atoms with E-state index in [1.54, 1.807) is 18.2 Å². The second-order valence-corrected chi connectivity index (χ2v) is 3.44. The number of phenolic OH excluding ortho intramolecular Hbond substituents is 1. The lowest BCUT2D eigenvalue weighted by Gasteiger charge is -2.25. The molecule has 1 atom stereocenters. The van der Waals surface area contributed by atoms with Gasteiger partial charge in [0.15, 0.2) is 0 Å². The van der Waals surface area contributed by atoms with Crippen LogP contribution in [0.1, 0.15) is 11.1 Å². The number of alkyl halides is 2. The molecule has 1 aliphatic rings. The van der Waals surface area contributed by atoms with E-state index in [9.17, 15) is 13.9 Å². The van der Waals surface area contributed by atoms with Crippen LogP contribution in [0.15, 0.2) is 18.2 Å². The van der Waals surface area contributed by atoms with Crippen LogP contribution in [-0.2, 0) is 13.0 Å². The van der Waals surface area contributed by atoms with Crippen molar-refractivity contribution in [3.63, 3.8) is 0 Å². The summed E-state index contributed by atoms with van der Waals surface area (Å²) in [6.45, 7) is 0.316. The first kappa shape index (κ1) is 9.40. The normalized spacial score (nSPS) is 20.9. The molecule has 2 nitrogen and oxygen atoms in total. The maximum absolute atomic E-state index is 12.4. The Morgan fingerprint density at radius 1 is 1.43 bits per heavy atom. The van der Waals surface area contributed by atoms with Crippen molar-refractivity contribution in [2.24, 2.45) is 0 Å². The van der Waals surface area contributed by atoms with Crippen molar-refractivity contribution in [3.05, 3.63) is 29.3 Å². The van der Waals surface area contributed by atoms with Crippen molar-refractivity contribution in [2.75, 3.05) is 0 Å². The Kier molecular flexibility index (Phi) is 2.37. The lowest BCUT2D eigenvalue weighted by molar-refractivity contribution is 0.0939. The van der Waals surface area contributed by atoms with Gasteiger partial charge in [-0.15, -0.1) is 0 Å². The van der Waals surface area contributed by atoms with E-state index in [1.807, 2.05) is 0 Å². The molecule has 0 saturated heterocycles. The third-order valence-electron chi connectivity index (χ3n) is 2.53. The molecule has 0 bridgehead atoms. The Morgan fingerprint density at radius 2 is 2.21 bits per heavy atom. The summed E-state index contributed by atoms with van der Waals surface area (Å²) in [6.07, 6.45) is -2.08. The van der Waals surface area contributed by atoms with Gasteiger partial charge in [-0.1, -0.05) is 12.1 Å². The highest BCUT2D eigenvalue weighted by molar-refractivity contribution is 5.41. The molecule has 4 heteroatoms. The summed E-state index contributed by atoms with van der Waals surface area (Å²) in [4.78, 5) is 0. The molecule has 1 aromatic rings. The van der Waals surface area contributed by atoms with E-state index < -0.39 is 12.5 Å². The maximum atomic E-state index is 12.4. The molecular weight excluding hydrogens is 188 g/mol. The fourth-order valence-electron chi connectivity index (χ4n) is 1.74. The van der Waals surface area contributed by atoms with E-state index in [0.29, 0.717) is 6.54 Å². The highest BCUT2D eigenvalue weighted by Crippen LogP contribution is 2.26. The molecule has 0 aromatic heterocycles. The fraction of sp³-hybridized carbons (Fsp3) is 0.400. The molecule has 14 heavy (non-hydrogen) atoms. The molecule has 0 aliphatic carbocycles. The number of nitrogens with one attached hydrogen (secondary N) is 1. The Morgan fingerprint density at radius 3 is 2.93 bits per heavy atom. The first-order chi connectivity index (χ1) is 6.68. The van der Waals surface area contributed by atoms with Crippen LogP contribution in [0, 0.1) is 0 Å². The van der Waals surface area contributed by atoms with Gasteiger partial charge in [-0.05, 0) is 18.1 Å². The zero-order valence-corrected chi connectivity index (χ0v) is 7.50. The van der Waals surface area contributed by atoms with Crippen molar-refractivity contribution in [2.45, 2.75) is 25.4 Å². The summed E-state index contributed by atoms with van der Waals surface area (Å²) in [7, 11) is 0. The summed E-state index contributed by atoms with van der Waals surface area (Å²) in [5.74, 6) is 0.183. The van der Waals surface area contributed by atoms with E-state index >= 15 is 0 Å². The van der Waals surface area contributed by atoms with Crippen LogP contribution in [0.2, 0.25) is 0 Å². The fourth-order valence-corrected chi connectivity index (χ4v) is 1.74. The quantitative estimate of drug-likeness (QED) is 0.721. The Hall–Kier alpha value is -1.16. The van der Waals surface area contributed by atoms with Crippen LogP contribution in [0.5, 0.6) is 5.75 Å². The second kappa shape index (κ2) is 3.53. The third-order valence-corrected chi connectivity index (χ3v) is 2.53. The summed E-state index contributed by atoms with van der Waals surface area (Å²) in [5, 5.41) is 12.2. The van der Waals surface area contributed by atoms with Gasteiger partial charge in [-0.25, -0.2) is 8.78 Å². The van der Waals surface area contributed by atoms with Crippen LogP contribution in [-0.4, -0.2) is 17.6 Å². The number of aromatic hydroxyl groups is 1. The Balaban J connectivity index is 2.27. The predicted molar refractivity (Wildman–Crippen MR) is 48.4 cm³/mol. The SMILES string of the molecule is Oc1cccc2c1CNC(C(F)F)C2. The number of rotatable bonds is 1. The summed E-state index contributed by atoms with van der Waals surface area (Å²) in [6, 6.07) is 4.25. The molecule has 1 heterocycles. The minimum atomic E-state index is -2.36.